The van der Waals surface area contributed by atoms with Gasteiger partial charge in [-0.1, -0.05) is 49.4 Å². The molecule has 3 rings (SSSR count). The van der Waals surface area contributed by atoms with Crippen LogP contribution in [-0.4, -0.2) is 165 Å². The number of nitrogens with zero attached hydrogens (tertiary/aromatic N) is 3. The second kappa shape index (κ2) is 31.6. The minimum absolute atomic E-state index is 0.0339. The third kappa shape index (κ3) is 22.8. The van der Waals surface area contributed by atoms with E-state index >= 15 is 0 Å². The maximum atomic E-state index is 13.3. The molecule has 0 aliphatic carbocycles. The van der Waals surface area contributed by atoms with E-state index in [1.165, 1.54) is 27.0 Å². The van der Waals surface area contributed by atoms with Crippen molar-refractivity contribution in [2.24, 2.45) is 5.73 Å². The van der Waals surface area contributed by atoms with Crippen molar-refractivity contribution in [1.29, 1.82) is 0 Å². The van der Waals surface area contributed by atoms with Crippen LogP contribution in [-0.2, 0) is 95.3 Å². The Bertz CT molecular complexity index is 2170. The van der Waals surface area contributed by atoms with Gasteiger partial charge in [0.15, 0.2) is 12.4 Å². The zero-order valence-corrected chi connectivity index (χ0v) is 42.2. The number of phosphoric ester groups is 1. The van der Waals surface area contributed by atoms with Gasteiger partial charge < -0.3 is 71.1 Å². The predicted octanol–water partition coefficient (Wildman–Crippen LogP) is -1.97. The molecule has 408 valence electrons. The molecule has 73 heavy (non-hydrogen) atoms. The average molecular weight is 1060 g/mol. The number of ether oxygens (including phenoxy) is 5. The second-order valence-electron chi connectivity index (χ2n) is 16.6. The van der Waals surface area contributed by atoms with Gasteiger partial charge in [0.1, 0.15) is 61.4 Å². The van der Waals surface area contributed by atoms with Gasteiger partial charge in [-0.25, -0.2) is 9.25 Å². The first-order chi connectivity index (χ1) is 34.6. The fourth-order valence-corrected chi connectivity index (χ4v) is 7.39. The average Bonchev–Trinajstić information content (AvgIpc) is 3.79. The van der Waals surface area contributed by atoms with Crippen molar-refractivity contribution in [1.82, 2.24) is 41.6 Å². The molecule has 0 radical (unpaired) electrons. The summed E-state index contributed by atoms with van der Waals surface area (Å²) in [6.45, 7) is 4.58. The summed E-state index contributed by atoms with van der Waals surface area (Å²) in [6, 6.07) is 5.24. The molecule has 28 nitrogen and oxygen atoms in total. The van der Waals surface area contributed by atoms with Crippen LogP contribution in [0, 0.1) is 0 Å². The van der Waals surface area contributed by atoms with Gasteiger partial charge in [0.2, 0.25) is 35.4 Å². The lowest BCUT2D eigenvalue weighted by Gasteiger charge is -2.44. The Morgan fingerprint density at radius 2 is 1.62 bits per heavy atom. The summed E-state index contributed by atoms with van der Waals surface area (Å²) >= 11 is 0. The molecular formula is C44H68N9O19P. The van der Waals surface area contributed by atoms with E-state index in [1.54, 1.807) is 38.1 Å². The SMILES string of the molecule is CCCC(=O)OC[C@H](COP(=O)(O)OCCNC(=O)Cn1cc(CNC(=O)CC[C@@H](NC(=O)[C@H](C)NC(=O)[C@@H](C)O[C@H]2[C@H](O)[C@@H](CO)OC(OCc3ccccc3)[C@@H]2NC(C)=O)C(N)=O)nn1)OC(=O)CCC. The van der Waals surface area contributed by atoms with E-state index in [0.717, 1.165) is 10.2 Å². The van der Waals surface area contributed by atoms with E-state index in [4.69, 9.17) is 38.5 Å². The monoisotopic (exact) mass is 1060 g/mol. The number of esters is 2. The van der Waals surface area contributed by atoms with Crippen molar-refractivity contribution >= 4 is 55.2 Å². The molecule has 0 saturated carbocycles. The first kappa shape index (κ1) is 61.3. The quantitative estimate of drug-likeness (QED) is 0.0213. The molecule has 2 unspecified atom stereocenters. The predicted molar refractivity (Wildman–Crippen MR) is 250 cm³/mol. The van der Waals surface area contributed by atoms with Gasteiger partial charge in [-0.15, -0.1) is 5.10 Å². The number of aromatic nitrogens is 3. The number of rotatable bonds is 33. The summed E-state index contributed by atoms with van der Waals surface area (Å²) in [6.07, 6.45) is -5.80. The maximum absolute atomic E-state index is 13.3. The van der Waals surface area contributed by atoms with Crippen molar-refractivity contribution < 1.29 is 90.8 Å². The number of carbonyl (C=O) groups excluding carboxylic acids is 8. The Hall–Kier alpha value is -5.97. The van der Waals surface area contributed by atoms with Crippen molar-refractivity contribution in [3.05, 3.63) is 47.8 Å². The van der Waals surface area contributed by atoms with Gasteiger partial charge in [0.25, 0.3) is 0 Å². The Morgan fingerprint density at radius 1 is 0.918 bits per heavy atom. The number of hydrogen-bond acceptors (Lipinski definition) is 20. The molecule has 10 atom stereocenters. The van der Waals surface area contributed by atoms with E-state index in [1.807, 2.05) is 6.07 Å². The van der Waals surface area contributed by atoms with Gasteiger partial charge in [-0.2, -0.15) is 0 Å². The summed E-state index contributed by atoms with van der Waals surface area (Å²) < 4.78 is 51.1. The number of aliphatic hydroxyl groups is 2. The lowest BCUT2D eigenvalue weighted by atomic mass is 9.96. The third-order valence-electron chi connectivity index (χ3n) is 10.4. The number of benzene rings is 1. The van der Waals surface area contributed by atoms with E-state index in [-0.39, 0.29) is 57.6 Å². The summed E-state index contributed by atoms with van der Waals surface area (Å²) in [4.78, 5) is 110. The zero-order chi connectivity index (χ0) is 54.1. The molecule has 2 heterocycles. The van der Waals surface area contributed by atoms with Crippen LogP contribution in [0.5, 0.6) is 0 Å². The molecule has 10 N–H and O–H groups in total. The fourth-order valence-electron chi connectivity index (χ4n) is 6.64. The van der Waals surface area contributed by atoms with E-state index < -0.39 is 137 Å². The highest BCUT2D eigenvalue weighted by atomic mass is 31.2. The lowest BCUT2D eigenvalue weighted by Crippen LogP contribution is -2.66. The van der Waals surface area contributed by atoms with Crippen LogP contribution in [0.15, 0.2) is 36.5 Å². The molecule has 1 aliphatic heterocycles. The number of hydrogen-bond donors (Lipinski definition) is 9. The molecule has 1 saturated heterocycles. The summed E-state index contributed by atoms with van der Waals surface area (Å²) in [7, 11) is -4.69. The van der Waals surface area contributed by atoms with Crippen LogP contribution in [0.4, 0.5) is 0 Å². The van der Waals surface area contributed by atoms with Crippen molar-refractivity contribution in [3.63, 3.8) is 0 Å². The molecule has 6 amide bonds. The molecular weight excluding hydrogens is 990 g/mol. The van der Waals surface area contributed by atoms with Crippen LogP contribution in [0.2, 0.25) is 0 Å². The summed E-state index contributed by atoms with van der Waals surface area (Å²) in [5.74, 6) is -5.49. The van der Waals surface area contributed by atoms with Gasteiger partial charge in [-0.05, 0) is 38.7 Å². The van der Waals surface area contributed by atoms with Crippen LogP contribution < -0.4 is 32.3 Å². The Morgan fingerprint density at radius 3 is 2.27 bits per heavy atom. The maximum Gasteiger partial charge on any atom is 0.472 e. The first-order valence-electron chi connectivity index (χ1n) is 23.5. The number of aliphatic hydroxyl groups excluding tert-OH is 2. The molecule has 29 heteroatoms. The van der Waals surface area contributed by atoms with Gasteiger partial charge in [-0.3, -0.25) is 47.4 Å². The number of phosphoric acid groups is 1. The van der Waals surface area contributed by atoms with Crippen LogP contribution in [0.25, 0.3) is 0 Å². The summed E-state index contributed by atoms with van der Waals surface area (Å²) in [5.41, 5.74) is 6.51. The van der Waals surface area contributed by atoms with Gasteiger partial charge >= 0.3 is 19.8 Å². The molecule has 1 aromatic carbocycles. The standard InChI is InChI=1S/C44H68N9O19P/c1-6-11-36(58)66-24-31(71-37(59)12-7-2)25-69-73(64,65)68-18-17-46-35(57)21-53-20-30(51-52-53)19-47-34(56)16-15-32(41(45)61)50-42(62)26(3)48-43(63)27(4)70-40-38(49-28(5)55)44(72-33(22-54)39(40)60)67-23-29-13-9-8-10-14-29/h8-10,13-14,20,26-27,31-33,38-40,44,54,60H,6-7,11-12,15-19,21-25H2,1-5H3,(H2,45,61)(H,46,57)(H,47,56)(H,48,63)(H,49,55)(H,50,62)(H,64,65)/t26-,27+,31+,32+,33+,38+,39+,40+,44?/m0/s1. The molecule has 0 bridgehead atoms. The van der Waals surface area contributed by atoms with Crippen molar-refractivity contribution in [2.75, 3.05) is 33.0 Å². The number of primary amides is 1. The van der Waals surface area contributed by atoms with Crippen LogP contribution >= 0.6 is 7.82 Å². The van der Waals surface area contributed by atoms with E-state index in [9.17, 15) is 58.0 Å². The van der Waals surface area contributed by atoms with Crippen molar-refractivity contribution in [3.8, 4) is 0 Å². The van der Waals surface area contributed by atoms with E-state index in [0.29, 0.717) is 12.8 Å². The minimum Gasteiger partial charge on any atom is -0.462 e. The smallest absolute Gasteiger partial charge is 0.462 e. The largest absolute Gasteiger partial charge is 0.472 e. The summed E-state index contributed by atoms with van der Waals surface area (Å²) in [5, 5.41) is 41.2. The molecule has 1 fully saturated rings. The molecule has 1 aliphatic rings. The second-order valence-corrected chi connectivity index (χ2v) is 18.1. The molecule has 1 aromatic heterocycles. The number of amides is 6. The lowest BCUT2D eigenvalue weighted by molar-refractivity contribution is -0.283. The van der Waals surface area contributed by atoms with E-state index in [2.05, 4.69) is 36.9 Å². The highest BCUT2D eigenvalue weighted by molar-refractivity contribution is 7.47. The zero-order valence-electron chi connectivity index (χ0n) is 41.3. The molecule has 0 spiro atoms. The van der Waals surface area contributed by atoms with Crippen molar-refractivity contribution in [2.45, 2.75) is 148 Å². The normalized spacial score (nSPS) is 19.9. The minimum atomic E-state index is -4.69. The Balaban J connectivity index is 1.41. The van der Waals surface area contributed by atoms with Gasteiger partial charge in [0.05, 0.1) is 39.2 Å². The van der Waals surface area contributed by atoms with Gasteiger partial charge in [0, 0.05) is 32.7 Å². The first-order valence-corrected chi connectivity index (χ1v) is 25.0. The van der Waals surface area contributed by atoms with Crippen LogP contribution in [0.3, 0.4) is 0 Å². The highest BCUT2D eigenvalue weighted by Crippen LogP contribution is 2.43. The number of carbonyl (C=O) groups is 8. The van der Waals surface area contributed by atoms with Crippen LogP contribution in [0.1, 0.15) is 84.4 Å². The topological polar surface area (TPSA) is 396 Å². The number of nitrogens with two attached hydrogens (primary N) is 1. The number of nitrogens with one attached hydrogen (secondary N) is 5. The third-order valence-corrected chi connectivity index (χ3v) is 11.4. The highest BCUT2D eigenvalue weighted by Gasteiger charge is 2.48. The Kier molecular flexibility index (Phi) is 26.5. The Labute approximate surface area is 421 Å². The fraction of sp³-hybridized carbons (Fsp3) is 0.636. The molecule has 2 aromatic rings.